The van der Waals surface area contributed by atoms with Gasteiger partial charge in [-0.25, -0.2) is 0 Å². The van der Waals surface area contributed by atoms with Crippen molar-refractivity contribution in [3.63, 3.8) is 0 Å². The largest absolute Gasteiger partial charge is 0.493 e. The van der Waals surface area contributed by atoms with Crippen LogP contribution in [-0.4, -0.2) is 25.7 Å². The minimum Gasteiger partial charge on any atom is -0.493 e. The van der Waals surface area contributed by atoms with E-state index < -0.39 is 0 Å². The molecule has 0 saturated carbocycles. The topological polar surface area (TPSA) is 52.6 Å². The van der Waals surface area contributed by atoms with Crippen molar-refractivity contribution in [2.45, 2.75) is 6.61 Å². The highest BCUT2D eigenvalue weighted by Gasteiger charge is 2.13. The van der Waals surface area contributed by atoms with Crippen molar-refractivity contribution >= 4 is 22.5 Å². The fourth-order valence-corrected chi connectivity index (χ4v) is 3.16. The molecule has 0 unspecified atom stereocenters. The van der Waals surface area contributed by atoms with E-state index >= 15 is 0 Å². The number of rotatable bonds is 5. The number of anilines is 1. The zero-order valence-electron chi connectivity index (χ0n) is 14.8. The second kappa shape index (κ2) is 6.96. The molecule has 0 aliphatic carbocycles. The summed E-state index contributed by atoms with van der Waals surface area (Å²) < 4.78 is 16.9. The van der Waals surface area contributed by atoms with E-state index in [4.69, 9.17) is 14.2 Å². The van der Waals surface area contributed by atoms with Crippen LogP contribution in [0.25, 0.3) is 16.8 Å². The lowest BCUT2D eigenvalue weighted by atomic mass is 10.1. The Morgan fingerprint density at radius 3 is 2.73 bits per heavy atom. The van der Waals surface area contributed by atoms with E-state index in [1.165, 1.54) is 0 Å². The quantitative estimate of drug-likeness (QED) is 0.746. The fraction of sp³-hybridized carbons (Fsp3) is 0.190. The molecule has 0 amide bonds. The van der Waals surface area contributed by atoms with Crippen molar-refractivity contribution in [3.05, 3.63) is 59.9 Å². The minimum absolute atomic E-state index is 0.372. The van der Waals surface area contributed by atoms with Crippen LogP contribution in [0.5, 0.6) is 17.2 Å². The van der Waals surface area contributed by atoms with Gasteiger partial charge in [0.05, 0.1) is 19.9 Å². The number of hydrogen-bond acceptors (Lipinski definition) is 5. The molecule has 0 fully saturated rings. The second-order valence-electron chi connectivity index (χ2n) is 5.98. The van der Waals surface area contributed by atoms with E-state index in [1.807, 2.05) is 30.3 Å². The Balaban J connectivity index is 1.67. The van der Waals surface area contributed by atoms with Crippen molar-refractivity contribution in [3.8, 4) is 17.2 Å². The van der Waals surface area contributed by atoms with Gasteiger partial charge in [0.2, 0.25) is 0 Å². The fourth-order valence-electron chi connectivity index (χ4n) is 3.16. The Morgan fingerprint density at radius 1 is 1.04 bits per heavy atom. The zero-order valence-corrected chi connectivity index (χ0v) is 14.8. The minimum atomic E-state index is 0.372. The van der Waals surface area contributed by atoms with Crippen LogP contribution in [0, 0.1) is 0 Å². The average Bonchev–Trinajstić information content (AvgIpc) is 2.71. The summed E-state index contributed by atoms with van der Waals surface area (Å²) in [7, 11) is 3.26. The summed E-state index contributed by atoms with van der Waals surface area (Å²) in [6.45, 7) is 1.21. The van der Waals surface area contributed by atoms with Crippen LogP contribution in [0.15, 0.2) is 48.7 Å². The van der Waals surface area contributed by atoms with E-state index in [1.54, 1.807) is 20.4 Å². The molecule has 1 N–H and O–H groups in total. The molecule has 5 nitrogen and oxygen atoms in total. The molecule has 0 radical (unpaired) electrons. The lowest BCUT2D eigenvalue weighted by molar-refractivity contribution is 0.302. The number of nitrogens with one attached hydrogen (secondary N) is 1. The molecule has 26 heavy (non-hydrogen) atoms. The third-order valence-electron chi connectivity index (χ3n) is 4.48. The Morgan fingerprint density at radius 2 is 1.88 bits per heavy atom. The van der Waals surface area contributed by atoms with Crippen LogP contribution in [0.1, 0.15) is 11.3 Å². The highest BCUT2D eigenvalue weighted by atomic mass is 16.5. The lowest BCUT2D eigenvalue weighted by Gasteiger charge is -2.17. The van der Waals surface area contributed by atoms with Crippen LogP contribution in [0.4, 0.5) is 5.69 Å². The number of benzene rings is 2. The predicted molar refractivity (Wildman–Crippen MR) is 103 cm³/mol. The molecule has 0 spiro atoms. The first-order chi connectivity index (χ1) is 12.8. The molecule has 0 atom stereocenters. The molecule has 0 saturated heterocycles. The first-order valence-electron chi connectivity index (χ1n) is 8.46. The zero-order chi connectivity index (χ0) is 17.9. The second-order valence-corrected chi connectivity index (χ2v) is 5.98. The summed E-state index contributed by atoms with van der Waals surface area (Å²) in [6.07, 6.45) is 5.96. The van der Waals surface area contributed by atoms with Gasteiger partial charge in [-0.3, -0.25) is 4.98 Å². The molecule has 4 rings (SSSR count). The van der Waals surface area contributed by atoms with Gasteiger partial charge >= 0.3 is 0 Å². The van der Waals surface area contributed by atoms with E-state index in [-0.39, 0.29) is 0 Å². The Labute approximate surface area is 152 Å². The van der Waals surface area contributed by atoms with Crippen LogP contribution in [0.3, 0.4) is 0 Å². The molecule has 2 heterocycles. The molecular formula is C21H20N2O3. The number of hydrogen-bond donors (Lipinski definition) is 1. The number of methoxy groups -OCH3 is 2. The summed E-state index contributed by atoms with van der Waals surface area (Å²) in [5, 5.41) is 5.37. The molecule has 5 heteroatoms. The standard InChI is InChI=1S/C21H20N2O3/c1-24-20-11-14-8-10-23-18(16(14)12-21(20)25-2)13-26-19-7-3-6-17-15(19)5-4-9-22-17/h3-8,10-12,22H,9,13H2,1-2H3. The van der Waals surface area contributed by atoms with E-state index in [0.717, 1.165) is 40.0 Å². The molecule has 1 aliphatic rings. The van der Waals surface area contributed by atoms with Crippen LogP contribution >= 0.6 is 0 Å². The summed E-state index contributed by atoms with van der Waals surface area (Å²) in [5.74, 6) is 2.22. The van der Waals surface area contributed by atoms with Gasteiger partial charge in [0.25, 0.3) is 0 Å². The summed E-state index contributed by atoms with van der Waals surface area (Å²) >= 11 is 0. The first-order valence-corrected chi connectivity index (χ1v) is 8.46. The maximum Gasteiger partial charge on any atom is 0.161 e. The van der Waals surface area contributed by atoms with Gasteiger partial charge < -0.3 is 19.5 Å². The molecular weight excluding hydrogens is 328 g/mol. The maximum atomic E-state index is 6.10. The molecule has 3 aromatic rings. The molecule has 2 aromatic carbocycles. The van der Waals surface area contributed by atoms with E-state index in [9.17, 15) is 0 Å². The van der Waals surface area contributed by atoms with Crippen molar-refractivity contribution in [1.82, 2.24) is 4.98 Å². The maximum absolute atomic E-state index is 6.10. The first kappa shape index (κ1) is 16.3. The van der Waals surface area contributed by atoms with Gasteiger partial charge in [0, 0.05) is 29.4 Å². The smallest absolute Gasteiger partial charge is 0.161 e. The molecule has 132 valence electrons. The third kappa shape index (κ3) is 2.92. The van der Waals surface area contributed by atoms with E-state index in [2.05, 4.69) is 28.5 Å². The van der Waals surface area contributed by atoms with E-state index in [0.29, 0.717) is 18.1 Å². The predicted octanol–water partition coefficient (Wildman–Crippen LogP) is 4.27. The molecule has 0 bridgehead atoms. The van der Waals surface area contributed by atoms with Crippen molar-refractivity contribution in [1.29, 1.82) is 0 Å². The molecule has 1 aromatic heterocycles. The summed E-state index contributed by atoms with van der Waals surface area (Å²) in [6, 6.07) is 11.9. The Hall–Kier alpha value is -3.21. The van der Waals surface area contributed by atoms with Gasteiger partial charge in [-0.2, -0.15) is 0 Å². The van der Waals surface area contributed by atoms with Crippen molar-refractivity contribution in [2.75, 3.05) is 26.1 Å². The number of aromatic nitrogens is 1. The number of fused-ring (bicyclic) bond motifs is 2. The van der Waals surface area contributed by atoms with Gasteiger partial charge in [-0.15, -0.1) is 0 Å². The number of nitrogens with zero attached hydrogens (tertiary/aromatic N) is 1. The van der Waals surface area contributed by atoms with Gasteiger partial charge in [0.1, 0.15) is 12.4 Å². The Bertz CT molecular complexity index is 982. The average molecular weight is 348 g/mol. The van der Waals surface area contributed by atoms with Crippen molar-refractivity contribution < 1.29 is 14.2 Å². The highest BCUT2D eigenvalue weighted by Crippen LogP contribution is 2.34. The van der Waals surface area contributed by atoms with Crippen LogP contribution in [0.2, 0.25) is 0 Å². The number of pyridine rings is 1. The van der Waals surface area contributed by atoms with Gasteiger partial charge in [-0.05, 0) is 35.7 Å². The van der Waals surface area contributed by atoms with Gasteiger partial charge in [-0.1, -0.05) is 18.2 Å². The molecule has 1 aliphatic heterocycles. The van der Waals surface area contributed by atoms with Crippen molar-refractivity contribution in [2.24, 2.45) is 0 Å². The monoisotopic (exact) mass is 348 g/mol. The van der Waals surface area contributed by atoms with Crippen LogP contribution < -0.4 is 19.5 Å². The Kier molecular flexibility index (Phi) is 4.35. The normalized spacial score (nSPS) is 12.4. The third-order valence-corrected chi connectivity index (χ3v) is 4.48. The highest BCUT2D eigenvalue weighted by molar-refractivity contribution is 5.87. The van der Waals surface area contributed by atoms with Gasteiger partial charge in [0.15, 0.2) is 11.5 Å². The lowest BCUT2D eigenvalue weighted by Crippen LogP contribution is -2.07. The summed E-state index contributed by atoms with van der Waals surface area (Å²) in [5.41, 5.74) is 3.01. The van der Waals surface area contributed by atoms with Crippen LogP contribution in [-0.2, 0) is 6.61 Å². The summed E-state index contributed by atoms with van der Waals surface area (Å²) in [4.78, 5) is 4.51. The SMILES string of the molecule is COc1cc2ccnc(COc3cccc4c3C=CCN4)c2cc1OC. The number of ether oxygens (including phenoxy) is 3.